The average molecular weight is 465 g/mol. The zero-order valence-electron chi connectivity index (χ0n) is 18.2. The minimum absolute atomic E-state index is 0.241. The summed E-state index contributed by atoms with van der Waals surface area (Å²) in [6.07, 6.45) is 3.67. The Morgan fingerprint density at radius 2 is 1.87 bits per heavy atom. The highest BCUT2D eigenvalue weighted by Crippen LogP contribution is 2.39. The number of sulfonamides is 1. The van der Waals surface area contributed by atoms with Gasteiger partial charge in [0.05, 0.1) is 24.1 Å². The van der Waals surface area contributed by atoms with E-state index >= 15 is 0 Å². The van der Waals surface area contributed by atoms with Crippen LogP contribution in [0.5, 0.6) is 0 Å². The topological polar surface area (TPSA) is 92.8 Å². The summed E-state index contributed by atoms with van der Waals surface area (Å²) in [6.45, 7) is 5.69. The van der Waals surface area contributed by atoms with E-state index in [4.69, 9.17) is 4.74 Å². The fraction of sp³-hybridized carbons (Fsp3) is 0.455. The zero-order chi connectivity index (χ0) is 22.8. The Morgan fingerprint density at radius 3 is 2.45 bits per heavy atom. The number of benzene rings is 1. The van der Waals surface area contributed by atoms with Crippen molar-refractivity contribution >= 4 is 43.9 Å². The van der Waals surface area contributed by atoms with E-state index in [1.807, 2.05) is 12.1 Å². The van der Waals surface area contributed by atoms with Gasteiger partial charge in [0.25, 0.3) is 0 Å². The third-order valence-electron chi connectivity index (χ3n) is 5.19. The number of hydrogen-bond donors (Lipinski definition) is 1. The van der Waals surface area contributed by atoms with E-state index in [1.54, 1.807) is 19.1 Å². The summed E-state index contributed by atoms with van der Waals surface area (Å²) < 4.78 is 31.0. The highest BCUT2D eigenvalue weighted by Gasteiger charge is 2.29. The molecule has 1 N–H and O–H groups in total. The summed E-state index contributed by atoms with van der Waals surface area (Å²) in [5, 5.41) is 3.18. The van der Waals surface area contributed by atoms with Crippen LogP contribution in [0.3, 0.4) is 0 Å². The summed E-state index contributed by atoms with van der Waals surface area (Å²) in [5.41, 5.74) is 2.83. The molecule has 0 fully saturated rings. The van der Waals surface area contributed by atoms with Crippen LogP contribution in [0.25, 0.3) is 0 Å². The molecule has 1 aromatic heterocycles. The van der Waals surface area contributed by atoms with Gasteiger partial charge in [-0.3, -0.25) is 9.10 Å². The van der Waals surface area contributed by atoms with Gasteiger partial charge in [-0.25, -0.2) is 13.2 Å². The second-order valence-corrected chi connectivity index (χ2v) is 10.9. The maximum absolute atomic E-state index is 12.8. The van der Waals surface area contributed by atoms with Crippen molar-refractivity contribution in [1.82, 2.24) is 0 Å². The molecule has 0 atom stereocenters. The molecule has 9 heteroatoms. The summed E-state index contributed by atoms with van der Waals surface area (Å²) >= 11 is 1.37. The molecule has 1 aromatic carbocycles. The molecule has 0 saturated carbocycles. The minimum atomic E-state index is -3.69. The normalized spacial score (nSPS) is 13.2. The Hall–Kier alpha value is -2.39. The van der Waals surface area contributed by atoms with Gasteiger partial charge >= 0.3 is 5.97 Å². The first-order valence-corrected chi connectivity index (χ1v) is 13.0. The van der Waals surface area contributed by atoms with E-state index in [-0.39, 0.29) is 13.2 Å². The summed E-state index contributed by atoms with van der Waals surface area (Å²) in [5.74, 6) is -0.656. The SMILES string of the molecule is CCOC(=O)c1c(NC(=O)CN(c2ccc(C(C)C)cc2)S(C)(=O)=O)sc2c1CCC2. The van der Waals surface area contributed by atoms with Gasteiger partial charge in [0.2, 0.25) is 15.9 Å². The monoisotopic (exact) mass is 464 g/mol. The molecular formula is C22H28N2O5S2. The molecule has 1 amide bonds. The summed E-state index contributed by atoms with van der Waals surface area (Å²) in [7, 11) is -3.69. The summed E-state index contributed by atoms with van der Waals surface area (Å²) in [4.78, 5) is 26.4. The second kappa shape index (κ2) is 9.40. The fourth-order valence-corrected chi connectivity index (χ4v) is 5.78. The second-order valence-electron chi connectivity index (χ2n) is 7.85. The van der Waals surface area contributed by atoms with Crippen molar-refractivity contribution in [2.24, 2.45) is 0 Å². The number of nitrogens with one attached hydrogen (secondary N) is 1. The highest BCUT2D eigenvalue weighted by molar-refractivity contribution is 7.92. The number of rotatable bonds is 8. The van der Waals surface area contributed by atoms with Gasteiger partial charge < -0.3 is 10.1 Å². The van der Waals surface area contributed by atoms with Crippen LogP contribution in [-0.4, -0.2) is 39.7 Å². The van der Waals surface area contributed by atoms with Gasteiger partial charge in [0, 0.05) is 4.88 Å². The number of hydrogen-bond acceptors (Lipinski definition) is 6. The largest absolute Gasteiger partial charge is 0.462 e. The van der Waals surface area contributed by atoms with Crippen molar-refractivity contribution in [2.75, 3.05) is 29.0 Å². The molecule has 3 rings (SSSR count). The molecule has 1 aliphatic carbocycles. The number of anilines is 2. The number of esters is 1. The Kier molecular flexibility index (Phi) is 7.06. The molecule has 1 aliphatic rings. The van der Waals surface area contributed by atoms with E-state index in [2.05, 4.69) is 19.2 Å². The molecule has 0 unspecified atom stereocenters. The van der Waals surface area contributed by atoms with Crippen LogP contribution in [0.4, 0.5) is 10.7 Å². The summed E-state index contributed by atoms with van der Waals surface area (Å²) in [6, 6.07) is 7.12. The number of aryl methyl sites for hydroxylation is 1. The van der Waals surface area contributed by atoms with Crippen LogP contribution in [0.15, 0.2) is 24.3 Å². The van der Waals surface area contributed by atoms with Gasteiger partial charge in [-0.1, -0.05) is 26.0 Å². The van der Waals surface area contributed by atoms with Gasteiger partial charge in [-0.15, -0.1) is 11.3 Å². The molecule has 0 bridgehead atoms. The lowest BCUT2D eigenvalue weighted by molar-refractivity contribution is -0.114. The fourth-order valence-electron chi connectivity index (χ4n) is 3.63. The number of thiophene rings is 1. The van der Waals surface area contributed by atoms with Gasteiger partial charge in [-0.05, 0) is 55.4 Å². The van der Waals surface area contributed by atoms with Crippen LogP contribution in [0.2, 0.25) is 0 Å². The van der Waals surface area contributed by atoms with Crippen molar-refractivity contribution < 1.29 is 22.7 Å². The van der Waals surface area contributed by atoms with Gasteiger partial charge in [0.15, 0.2) is 0 Å². The van der Waals surface area contributed by atoms with Crippen LogP contribution >= 0.6 is 11.3 Å². The maximum atomic E-state index is 12.8. The van der Waals surface area contributed by atoms with E-state index in [9.17, 15) is 18.0 Å². The lowest BCUT2D eigenvalue weighted by Gasteiger charge is -2.22. The van der Waals surface area contributed by atoms with Gasteiger partial charge in [-0.2, -0.15) is 0 Å². The van der Waals surface area contributed by atoms with Crippen molar-refractivity contribution in [3.8, 4) is 0 Å². The molecule has 1 heterocycles. The minimum Gasteiger partial charge on any atom is -0.462 e. The van der Waals surface area contributed by atoms with E-state index in [0.29, 0.717) is 22.2 Å². The molecule has 0 radical (unpaired) electrons. The standard InChI is InChI=1S/C22H28N2O5S2/c1-5-29-22(26)20-17-7-6-8-18(17)30-21(20)23-19(25)13-24(31(4,27)28)16-11-9-15(10-12-16)14(2)3/h9-12,14H,5-8,13H2,1-4H3,(H,23,25). The molecule has 0 spiro atoms. The van der Waals surface area contributed by atoms with Crippen molar-refractivity contribution in [2.45, 2.75) is 46.0 Å². The molecular weight excluding hydrogens is 436 g/mol. The van der Waals surface area contributed by atoms with E-state index < -0.39 is 21.9 Å². The van der Waals surface area contributed by atoms with Crippen molar-refractivity contribution in [1.29, 1.82) is 0 Å². The van der Waals surface area contributed by atoms with Gasteiger partial charge in [0.1, 0.15) is 11.5 Å². The quantitative estimate of drug-likeness (QED) is 0.598. The molecule has 7 nitrogen and oxygen atoms in total. The Labute approximate surface area is 187 Å². The van der Waals surface area contributed by atoms with E-state index in [1.165, 1.54) is 11.3 Å². The van der Waals surface area contributed by atoms with Crippen LogP contribution in [-0.2, 0) is 32.4 Å². The van der Waals surface area contributed by atoms with Crippen LogP contribution in [0.1, 0.15) is 59.5 Å². The first kappa shape index (κ1) is 23.3. The number of carbonyl (C=O) groups excluding carboxylic acids is 2. The lowest BCUT2D eigenvalue weighted by atomic mass is 10.0. The van der Waals surface area contributed by atoms with E-state index in [0.717, 1.165) is 45.8 Å². The highest BCUT2D eigenvalue weighted by atomic mass is 32.2. The average Bonchev–Trinajstić information content (AvgIpc) is 3.26. The molecule has 168 valence electrons. The molecule has 0 aliphatic heterocycles. The third kappa shape index (κ3) is 5.27. The number of ether oxygens (including phenoxy) is 1. The van der Waals surface area contributed by atoms with Crippen LogP contribution < -0.4 is 9.62 Å². The lowest BCUT2D eigenvalue weighted by Crippen LogP contribution is -2.37. The van der Waals surface area contributed by atoms with Crippen molar-refractivity contribution in [3.63, 3.8) is 0 Å². The smallest absolute Gasteiger partial charge is 0.341 e. The predicted molar refractivity (Wildman–Crippen MR) is 124 cm³/mol. The molecule has 0 saturated heterocycles. The Morgan fingerprint density at radius 1 is 1.19 bits per heavy atom. The van der Waals surface area contributed by atoms with Crippen LogP contribution in [0, 0.1) is 0 Å². The van der Waals surface area contributed by atoms with Crippen molar-refractivity contribution in [3.05, 3.63) is 45.8 Å². The first-order valence-electron chi connectivity index (χ1n) is 10.3. The first-order chi connectivity index (χ1) is 14.6. The molecule has 31 heavy (non-hydrogen) atoms. The Balaban J connectivity index is 1.83. The maximum Gasteiger partial charge on any atom is 0.341 e. The number of nitrogens with zero attached hydrogens (tertiary/aromatic N) is 1. The predicted octanol–water partition coefficient (Wildman–Crippen LogP) is 3.94. The zero-order valence-corrected chi connectivity index (χ0v) is 19.9. The Bertz CT molecular complexity index is 1070. The third-order valence-corrected chi connectivity index (χ3v) is 7.54. The number of fused-ring (bicyclic) bond motifs is 1. The number of amides is 1. The molecule has 2 aromatic rings. The number of carbonyl (C=O) groups is 2.